The van der Waals surface area contributed by atoms with Gasteiger partial charge in [0.25, 0.3) is 10.0 Å². The van der Waals surface area contributed by atoms with Gasteiger partial charge in [0.2, 0.25) is 11.8 Å². The van der Waals surface area contributed by atoms with Gasteiger partial charge in [0.05, 0.1) is 10.6 Å². The largest absolute Gasteiger partial charge is 0.352 e. The molecular formula is C32H38FN3O4S. The number of rotatable bonds is 10. The molecule has 0 heterocycles. The molecule has 0 saturated heterocycles. The minimum absolute atomic E-state index is 0.0175. The molecule has 3 aromatic rings. The molecule has 0 spiro atoms. The van der Waals surface area contributed by atoms with E-state index in [0.29, 0.717) is 11.3 Å². The van der Waals surface area contributed by atoms with E-state index in [4.69, 9.17) is 0 Å². The second-order valence-corrected chi connectivity index (χ2v) is 12.8. The van der Waals surface area contributed by atoms with E-state index in [2.05, 4.69) is 5.32 Å². The minimum atomic E-state index is -4.14. The third-order valence-corrected chi connectivity index (χ3v) is 9.31. The molecule has 3 aromatic carbocycles. The number of benzene rings is 3. The number of aryl methyl sites for hydroxylation is 3. The molecule has 0 aromatic heterocycles. The Bertz CT molecular complexity index is 1460. The van der Waals surface area contributed by atoms with Crippen LogP contribution in [0.3, 0.4) is 0 Å². The summed E-state index contributed by atoms with van der Waals surface area (Å²) in [5.74, 6) is -1.26. The highest BCUT2D eigenvalue weighted by molar-refractivity contribution is 7.92. The Labute approximate surface area is 242 Å². The van der Waals surface area contributed by atoms with Gasteiger partial charge in [-0.1, -0.05) is 48.7 Å². The summed E-state index contributed by atoms with van der Waals surface area (Å²) in [5, 5.41) is 3.05. The Morgan fingerprint density at radius 3 is 2.07 bits per heavy atom. The van der Waals surface area contributed by atoms with Crippen LogP contribution in [-0.2, 0) is 26.2 Å². The van der Waals surface area contributed by atoms with Crippen molar-refractivity contribution >= 4 is 27.5 Å². The smallest absolute Gasteiger partial charge is 0.264 e. The lowest BCUT2D eigenvalue weighted by Crippen LogP contribution is -2.52. The van der Waals surface area contributed by atoms with E-state index in [9.17, 15) is 22.4 Å². The van der Waals surface area contributed by atoms with Gasteiger partial charge in [-0.3, -0.25) is 13.9 Å². The first-order valence-corrected chi connectivity index (χ1v) is 15.4. The number of nitrogens with one attached hydrogen (secondary N) is 1. The highest BCUT2D eigenvalue weighted by Crippen LogP contribution is 2.27. The number of hydrogen-bond acceptors (Lipinski definition) is 4. The van der Waals surface area contributed by atoms with E-state index in [1.807, 2.05) is 26.8 Å². The van der Waals surface area contributed by atoms with Crippen molar-refractivity contribution in [1.82, 2.24) is 10.2 Å². The monoisotopic (exact) mass is 579 g/mol. The van der Waals surface area contributed by atoms with Gasteiger partial charge in [-0.05, 0) is 93.6 Å². The zero-order valence-corrected chi connectivity index (χ0v) is 24.9. The second kappa shape index (κ2) is 12.9. The Morgan fingerprint density at radius 2 is 1.49 bits per heavy atom. The van der Waals surface area contributed by atoms with E-state index < -0.39 is 34.3 Å². The number of hydrogen-bond donors (Lipinski definition) is 1. The van der Waals surface area contributed by atoms with Gasteiger partial charge in [-0.25, -0.2) is 12.8 Å². The summed E-state index contributed by atoms with van der Waals surface area (Å²) in [6.07, 6.45) is 3.86. The van der Waals surface area contributed by atoms with Crippen molar-refractivity contribution < 1.29 is 22.4 Å². The molecule has 4 rings (SSSR count). The molecule has 1 aliphatic carbocycles. The number of carbonyl (C=O) groups excluding carboxylic acids is 2. The molecular weight excluding hydrogens is 541 g/mol. The molecule has 1 fully saturated rings. The average Bonchev–Trinajstić information content (AvgIpc) is 3.43. The predicted molar refractivity (Wildman–Crippen MR) is 158 cm³/mol. The van der Waals surface area contributed by atoms with Crippen LogP contribution in [0.1, 0.15) is 54.9 Å². The Hall–Kier alpha value is -3.72. The molecule has 41 heavy (non-hydrogen) atoms. The molecule has 218 valence electrons. The van der Waals surface area contributed by atoms with Crippen LogP contribution < -0.4 is 9.62 Å². The molecule has 0 radical (unpaired) electrons. The number of amides is 2. The van der Waals surface area contributed by atoms with Crippen molar-refractivity contribution in [3.05, 3.63) is 94.8 Å². The maximum absolute atomic E-state index is 14.0. The number of halogens is 1. The zero-order valence-electron chi connectivity index (χ0n) is 24.1. The average molecular weight is 580 g/mol. The topological polar surface area (TPSA) is 86.8 Å². The lowest BCUT2D eigenvalue weighted by atomic mass is 10.1. The van der Waals surface area contributed by atoms with Crippen molar-refractivity contribution in [1.29, 1.82) is 0 Å². The summed E-state index contributed by atoms with van der Waals surface area (Å²) in [4.78, 5) is 28.8. The quantitative estimate of drug-likeness (QED) is 0.348. The fourth-order valence-electron chi connectivity index (χ4n) is 5.22. The fourth-order valence-corrected chi connectivity index (χ4v) is 6.62. The molecule has 1 atom stereocenters. The van der Waals surface area contributed by atoms with Crippen LogP contribution in [0.15, 0.2) is 71.6 Å². The van der Waals surface area contributed by atoms with Crippen molar-refractivity contribution in [2.75, 3.05) is 10.8 Å². The standard InChI is InChI=1S/C32H38FN3O4S/c1-22-9-15-30(16-10-22)41(39,40)36(29-18-23(2)17-24(3)19-29)21-31(37)35(20-26-11-13-27(33)14-12-26)25(4)32(38)34-28-7-5-6-8-28/h9-19,25,28H,5-8,20-21H2,1-4H3,(H,34,38). The first-order valence-electron chi connectivity index (χ1n) is 14.0. The summed E-state index contributed by atoms with van der Waals surface area (Å²) in [7, 11) is -4.14. The van der Waals surface area contributed by atoms with E-state index >= 15 is 0 Å². The molecule has 0 aliphatic heterocycles. The van der Waals surface area contributed by atoms with Gasteiger partial charge < -0.3 is 10.2 Å². The number of sulfonamides is 1. The minimum Gasteiger partial charge on any atom is -0.352 e. The molecule has 1 saturated carbocycles. The van der Waals surface area contributed by atoms with E-state index in [1.165, 1.54) is 29.2 Å². The fraction of sp³-hybridized carbons (Fsp3) is 0.375. The van der Waals surface area contributed by atoms with E-state index in [1.54, 1.807) is 43.3 Å². The van der Waals surface area contributed by atoms with Gasteiger partial charge in [0.1, 0.15) is 18.4 Å². The Morgan fingerprint density at radius 1 is 0.902 bits per heavy atom. The lowest BCUT2D eigenvalue weighted by Gasteiger charge is -2.32. The van der Waals surface area contributed by atoms with Gasteiger partial charge in [-0.15, -0.1) is 0 Å². The van der Waals surface area contributed by atoms with Crippen LogP contribution in [-0.4, -0.2) is 43.8 Å². The van der Waals surface area contributed by atoms with Gasteiger partial charge in [-0.2, -0.15) is 0 Å². The normalized spacial score (nSPS) is 14.5. The maximum atomic E-state index is 14.0. The SMILES string of the molecule is Cc1ccc(S(=O)(=O)N(CC(=O)N(Cc2ccc(F)cc2)C(C)C(=O)NC2CCCC2)c2cc(C)cc(C)c2)cc1. The summed E-state index contributed by atoms with van der Waals surface area (Å²) in [6, 6.07) is 16.8. The van der Waals surface area contributed by atoms with Crippen LogP contribution in [0.2, 0.25) is 0 Å². The maximum Gasteiger partial charge on any atom is 0.264 e. The number of nitrogens with zero attached hydrogens (tertiary/aromatic N) is 2. The van der Waals surface area contributed by atoms with Gasteiger partial charge >= 0.3 is 0 Å². The predicted octanol–water partition coefficient (Wildman–Crippen LogP) is 5.42. The zero-order chi connectivity index (χ0) is 29.7. The van der Waals surface area contributed by atoms with E-state index in [0.717, 1.165) is 46.7 Å². The van der Waals surface area contributed by atoms with Crippen LogP contribution >= 0.6 is 0 Å². The second-order valence-electron chi connectivity index (χ2n) is 11.0. The molecule has 7 nitrogen and oxygen atoms in total. The highest BCUT2D eigenvalue weighted by Gasteiger charge is 2.33. The van der Waals surface area contributed by atoms with E-state index in [-0.39, 0.29) is 23.4 Å². The Balaban J connectivity index is 1.70. The molecule has 2 amide bonds. The van der Waals surface area contributed by atoms with Crippen molar-refractivity contribution in [3.63, 3.8) is 0 Å². The first kappa shape index (κ1) is 30.2. The van der Waals surface area contributed by atoms with Crippen LogP contribution in [0.4, 0.5) is 10.1 Å². The lowest BCUT2D eigenvalue weighted by molar-refractivity contribution is -0.139. The summed E-state index contributed by atoms with van der Waals surface area (Å²) < 4.78 is 42.7. The third-order valence-electron chi connectivity index (χ3n) is 7.52. The first-order chi connectivity index (χ1) is 19.4. The van der Waals surface area contributed by atoms with Crippen LogP contribution in [0.25, 0.3) is 0 Å². The third kappa shape index (κ3) is 7.52. The van der Waals surface area contributed by atoms with Crippen molar-refractivity contribution in [2.24, 2.45) is 0 Å². The summed E-state index contributed by atoms with van der Waals surface area (Å²) in [5.41, 5.74) is 3.60. The molecule has 0 bridgehead atoms. The van der Waals surface area contributed by atoms with Crippen molar-refractivity contribution in [2.45, 2.75) is 76.9 Å². The molecule has 1 N–H and O–H groups in total. The van der Waals surface area contributed by atoms with Gasteiger partial charge in [0.15, 0.2) is 0 Å². The van der Waals surface area contributed by atoms with Crippen LogP contribution in [0, 0.1) is 26.6 Å². The van der Waals surface area contributed by atoms with Crippen LogP contribution in [0.5, 0.6) is 0 Å². The molecule has 9 heteroatoms. The summed E-state index contributed by atoms with van der Waals surface area (Å²) in [6.45, 7) is 6.75. The highest BCUT2D eigenvalue weighted by atomic mass is 32.2. The molecule has 1 unspecified atom stereocenters. The molecule has 1 aliphatic rings. The number of anilines is 1. The van der Waals surface area contributed by atoms with Gasteiger partial charge in [0, 0.05) is 12.6 Å². The Kier molecular flexibility index (Phi) is 9.48. The number of carbonyl (C=O) groups is 2. The summed E-state index contributed by atoms with van der Waals surface area (Å²) >= 11 is 0. The van der Waals surface area contributed by atoms with Crippen molar-refractivity contribution in [3.8, 4) is 0 Å².